The number of hydrogen-bond acceptors (Lipinski definition) is 3. The molecule has 1 fully saturated rings. The van der Waals surface area contributed by atoms with Crippen LogP contribution < -0.4 is 10.2 Å². The lowest BCUT2D eigenvalue weighted by molar-refractivity contribution is 0.310. The molecule has 2 N–H and O–H groups in total. The number of anilines is 1. The molecule has 1 saturated heterocycles. The van der Waals surface area contributed by atoms with E-state index < -0.39 is 0 Å². The van der Waals surface area contributed by atoms with Crippen molar-refractivity contribution in [3.63, 3.8) is 0 Å². The Kier molecular flexibility index (Phi) is 3.11. The molecule has 0 spiro atoms. The molecule has 0 bridgehead atoms. The van der Waals surface area contributed by atoms with Crippen LogP contribution in [0.25, 0.3) is 10.9 Å². The van der Waals surface area contributed by atoms with Gasteiger partial charge in [0.1, 0.15) is 0 Å². The van der Waals surface area contributed by atoms with Crippen LogP contribution in [0.2, 0.25) is 0 Å². The second kappa shape index (κ2) is 5.11. The number of benzene rings is 1. The topological polar surface area (TPSA) is 34.3 Å². The number of fused-ring (bicyclic) bond motifs is 1. The van der Waals surface area contributed by atoms with E-state index in [4.69, 9.17) is 0 Å². The largest absolute Gasteiger partial charge is 0.372 e. The molecule has 0 aliphatic carbocycles. The van der Waals surface area contributed by atoms with Gasteiger partial charge in [0.15, 0.2) is 0 Å². The summed E-state index contributed by atoms with van der Waals surface area (Å²) in [5, 5.41) is 4.59. The highest BCUT2D eigenvalue weighted by Gasteiger charge is 2.22. The summed E-state index contributed by atoms with van der Waals surface area (Å²) in [7, 11) is 2.25. The molecule has 4 nitrogen and oxygen atoms in total. The predicted molar refractivity (Wildman–Crippen MR) is 87.3 cm³/mol. The summed E-state index contributed by atoms with van der Waals surface area (Å²) >= 11 is 0. The highest BCUT2D eigenvalue weighted by Crippen LogP contribution is 2.28. The third-order valence-corrected chi connectivity index (χ3v) is 4.84. The van der Waals surface area contributed by atoms with E-state index in [0.717, 1.165) is 13.1 Å². The van der Waals surface area contributed by atoms with E-state index in [1.807, 2.05) is 6.20 Å². The lowest BCUT2D eigenvalue weighted by Crippen LogP contribution is -2.26. The fourth-order valence-corrected chi connectivity index (χ4v) is 3.53. The Bertz CT molecular complexity index is 672. The second-order valence-corrected chi connectivity index (χ2v) is 6.17. The molecule has 0 unspecified atom stereocenters. The fraction of sp³-hybridized carbons (Fsp3) is 0.412. The highest BCUT2D eigenvalue weighted by molar-refractivity contribution is 5.87. The summed E-state index contributed by atoms with van der Waals surface area (Å²) in [5.41, 5.74) is 3.94. The van der Waals surface area contributed by atoms with Crippen LogP contribution in [0.5, 0.6) is 0 Å². The van der Waals surface area contributed by atoms with Crippen LogP contribution >= 0.6 is 0 Å². The zero-order valence-electron chi connectivity index (χ0n) is 12.5. The van der Waals surface area contributed by atoms with Crippen molar-refractivity contribution in [1.29, 1.82) is 0 Å². The summed E-state index contributed by atoms with van der Waals surface area (Å²) in [6.07, 6.45) is 10.1. The van der Waals surface area contributed by atoms with Crippen LogP contribution in [0.1, 0.15) is 18.4 Å². The Morgan fingerprint density at radius 1 is 1.33 bits per heavy atom. The Morgan fingerprint density at radius 2 is 2.29 bits per heavy atom. The first-order valence-electron chi connectivity index (χ1n) is 7.78. The molecule has 1 atom stereocenters. The van der Waals surface area contributed by atoms with Gasteiger partial charge in [0.25, 0.3) is 0 Å². The van der Waals surface area contributed by atoms with Gasteiger partial charge < -0.3 is 20.1 Å². The van der Waals surface area contributed by atoms with Gasteiger partial charge in [0.05, 0.1) is 6.67 Å². The van der Waals surface area contributed by atoms with Crippen molar-refractivity contribution in [1.82, 2.24) is 15.2 Å². The number of H-pyrrole nitrogens is 1. The number of likely N-dealkylation sites (N-methyl/N-ethyl adjacent to an activating group) is 1. The van der Waals surface area contributed by atoms with E-state index in [2.05, 4.69) is 57.7 Å². The molecular formula is C17H22N4. The second-order valence-electron chi connectivity index (χ2n) is 6.17. The van der Waals surface area contributed by atoms with Gasteiger partial charge in [-0.25, -0.2) is 0 Å². The minimum atomic E-state index is 0.695. The van der Waals surface area contributed by atoms with Crippen molar-refractivity contribution in [2.45, 2.75) is 25.3 Å². The number of nitrogens with one attached hydrogen (secondary N) is 2. The van der Waals surface area contributed by atoms with E-state index in [1.54, 1.807) is 0 Å². The molecule has 4 rings (SSSR count). The minimum absolute atomic E-state index is 0.695. The first-order chi connectivity index (χ1) is 10.3. The van der Waals surface area contributed by atoms with Crippen LogP contribution in [-0.4, -0.2) is 36.2 Å². The predicted octanol–water partition coefficient (Wildman–Crippen LogP) is 2.64. The van der Waals surface area contributed by atoms with Gasteiger partial charge in [-0.3, -0.25) is 0 Å². The molecule has 2 aliphatic rings. The van der Waals surface area contributed by atoms with Crippen LogP contribution in [0.3, 0.4) is 0 Å². The Balaban J connectivity index is 1.65. The summed E-state index contributed by atoms with van der Waals surface area (Å²) in [6, 6.07) is 7.38. The number of rotatable bonds is 3. The lowest BCUT2D eigenvalue weighted by atomic mass is 10.0. The maximum absolute atomic E-state index is 3.42. The maximum atomic E-state index is 3.42. The van der Waals surface area contributed by atoms with Crippen molar-refractivity contribution >= 4 is 16.6 Å². The number of hydrogen-bond donors (Lipinski definition) is 2. The molecule has 0 saturated carbocycles. The molecule has 4 heteroatoms. The SMILES string of the molecule is CN1CCC[C@@H]1Cc1c[nH]c2ccc(N3C=CNC3)cc12. The Labute approximate surface area is 125 Å². The van der Waals surface area contributed by atoms with Crippen LogP contribution in [0.15, 0.2) is 36.8 Å². The Morgan fingerprint density at radius 3 is 3.05 bits per heavy atom. The maximum Gasteiger partial charge on any atom is 0.0916 e. The molecule has 2 aromatic rings. The minimum Gasteiger partial charge on any atom is -0.372 e. The molecule has 0 radical (unpaired) electrons. The van der Waals surface area contributed by atoms with Crippen molar-refractivity contribution in [3.05, 3.63) is 42.4 Å². The number of likely N-dealkylation sites (tertiary alicyclic amines) is 1. The zero-order chi connectivity index (χ0) is 14.2. The zero-order valence-corrected chi connectivity index (χ0v) is 12.5. The summed E-state index contributed by atoms with van der Waals surface area (Å²) in [5.74, 6) is 0. The van der Waals surface area contributed by atoms with Gasteiger partial charge in [-0.2, -0.15) is 0 Å². The van der Waals surface area contributed by atoms with Crippen molar-refractivity contribution < 1.29 is 0 Å². The molecule has 1 aromatic carbocycles. The molecule has 21 heavy (non-hydrogen) atoms. The fourth-order valence-electron chi connectivity index (χ4n) is 3.53. The molecule has 0 amide bonds. The average Bonchev–Trinajstić information content (AvgIpc) is 3.22. The average molecular weight is 282 g/mol. The van der Waals surface area contributed by atoms with Crippen molar-refractivity contribution in [3.8, 4) is 0 Å². The highest BCUT2D eigenvalue weighted by atomic mass is 15.2. The van der Waals surface area contributed by atoms with E-state index in [0.29, 0.717) is 6.04 Å². The van der Waals surface area contributed by atoms with Gasteiger partial charge in [-0.15, -0.1) is 0 Å². The standard InChI is InChI=1S/C17H22N4/c1-20-7-2-3-14(20)9-13-11-19-17-5-4-15(10-16(13)17)21-8-6-18-12-21/h4-6,8,10-11,14,18-19H,2-3,7,9,12H2,1H3/t14-/m1/s1. The molecule has 3 heterocycles. The summed E-state index contributed by atoms with van der Waals surface area (Å²) in [4.78, 5) is 8.15. The molecule has 1 aromatic heterocycles. The van der Waals surface area contributed by atoms with Gasteiger partial charge in [-0.1, -0.05) is 0 Å². The first kappa shape index (κ1) is 12.8. The molecule has 2 aliphatic heterocycles. The van der Waals surface area contributed by atoms with E-state index in [-0.39, 0.29) is 0 Å². The summed E-state index contributed by atoms with van der Waals surface area (Å²) < 4.78 is 0. The first-order valence-corrected chi connectivity index (χ1v) is 7.78. The monoisotopic (exact) mass is 282 g/mol. The van der Waals surface area contributed by atoms with E-state index in [1.165, 1.54) is 41.5 Å². The number of aromatic amines is 1. The van der Waals surface area contributed by atoms with Crippen LogP contribution in [-0.2, 0) is 6.42 Å². The van der Waals surface area contributed by atoms with Gasteiger partial charge in [0, 0.05) is 41.2 Å². The lowest BCUT2D eigenvalue weighted by Gasteiger charge is -2.19. The van der Waals surface area contributed by atoms with Crippen LogP contribution in [0.4, 0.5) is 5.69 Å². The van der Waals surface area contributed by atoms with Crippen molar-refractivity contribution in [2.75, 3.05) is 25.2 Å². The smallest absolute Gasteiger partial charge is 0.0916 e. The third kappa shape index (κ3) is 2.29. The normalized spacial score (nSPS) is 22.3. The van der Waals surface area contributed by atoms with Gasteiger partial charge >= 0.3 is 0 Å². The number of nitrogens with zero attached hydrogens (tertiary/aromatic N) is 2. The van der Waals surface area contributed by atoms with Crippen LogP contribution in [0, 0.1) is 0 Å². The van der Waals surface area contributed by atoms with E-state index >= 15 is 0 Å². The number of aromatic nitrogens is 1. The molecular weight excluding hydrogens is 260 g/mol. The Hall–Kier alpha value is -1.94. The van der Waals surface area contributed by atoms with Gasteiger partial charge in [-0.05, 0) is 56.6 Å². The van der Waals surface area contributed by atoms with Gasteiger partial charge in [0.2, 0.25) is 0 Å². The third-order valence-electron chi connectivity index (χ3n) is 4.84. The summed E-state index contributed by atoms with van der Waals surface area (Å²) in [6.45, 7) is 2.10. The van der Waals surface area contributed by atoms with Crippen molar-refractivity contribution in [2.24, 2.45) is 0 Å². The van der Waals surface area contributed by atoms with E-state index in [9.17, 15) is 0 Å². The quantitative estimate of drug-likeness (QED) is 0.908. The molecule has 110 valence electrons.